The molecule has 19 heavy (non-hydrogen) atoms. The summed E-state index contributed by atoms with van der Waals surface area (Å²) in [4.78, 5) is 4.19. The van der Waals surface area contributed by atoms with Crippen molar-refractivity contribution in [2.24, 2.45) is 0 Å². The number of hydrogen-bond acceptors (Lipinski definition) is 3. The second-order valence-corrected chi connectivity index (χ2v) is 4.80. The van der Waals surface area contributed by atoms with Crippen LogP contribution in [0.3, 0.4) is 0 Å². The Hall–Kier alpha value is -1.23. The average Bonchev–Trinajstić information content (AvgIpc) is 2.40. The second-order valence-electron chi connectivity index (χ2n) is 4.44. The number of rotatable bonds is 5. The van der Waals surface area contributed by atoms with Gasteiger partial charge in [0.2, 0.25) is 0 Å². The molecule has 0 saturated carbocycles. The van der Waals surface area contributed by atoms with Crippen molar-refractivity contribution in [2.75, 3.05) is 6.61 Å². The lowest BCUT2D eigenvalue weighted by molar-refractivity contribution is 0.238. The van der Waals surface area contributed by atoms with Gasteiger partial charge in [-0.25, -0.2) is 9.37 Å². The number of fused-ring (bicyclic) bond motifs is 1. The third-order valence-corrected chi connectivity index (χ3v) is 3.43. The maximum Gasteiger partial charge on any atom is 0.134 e. The van der Waals surface area contributed by atoms with E-state index in [4.69, 9.17) is 16.7 Å². The van der Waals surface area contributed by atoms with Gasteiger partial charge in [-0.1, -0.05) is 18.5 Å². The summed E-state index contributed by atoms with van der Waals surface area (Å²) in [5.74, 6) is -0.326. The molecule has 0 fully saturated rings. The zero-order chi connectivity index (χ0) is 13.8. The molecule has 0 aliphatic heterocycles. The van der Waals surface area contributed by atoms with Crippen molar-refractivity contribution in [1.82, 2.24) is 10.3 Å². The molecule has 0 amide bonds. The number of nitrogens with zero attached hydrogens (tertiary/aromatic N) is 1. The maximum atomic E-state index is 13.1. The summed E-state index contributed by atoms with van der Waals surface area (Å²) < 4.78 is 13.1. The van der Waals surface area contributed by atoms with Crippen LogP contribution < -0.4 is 5.32 Å². The van der Waals surface area contributed by atoms with Crippen molar-refractivity contribution in [1.29, 1.82) is 0 Å². The summed E-state index contributed by atoms with van der Waals surface area (Å²) >= 11 is 6.09. The molecule has 102 valence electrons. The van der Waals surface area contributed by atoms with Gasteiger partial charge in [-0.2, -0.15) is 0 Å². The van der Waals surface area contributed by atoms with Crippen LogP contribution in [0, 0.1) is 5.82 Å². The van der Waals surface area contributed by atoms with Crippen LogP contribution in [-0.2, 0) is 6.54 Å². The summed E-state index contributed by atoms with van der Waals surface area (Å²) in [6.07, 6.45) is 0.834. The number of aliphatic hydroxyl groups is 1. The van der Waals surface area contributed by atoms with Crippen molar-refractivity contribution in [3.05, 3.63) is 40.8 Å². The van der Waals surface area contributed by atoms with Crippen LogP contribution in [0.15, 0.2) is 24.3 Å². The van der Waals surface area contributed by atoms with Crippen LogP contribution in [0.4, 0.5) is 4.39 Å². The number of halogens is 2. The number of nitrogens with one attached hydrogen (secondary N) is 1. The maximum absolute atomic E-state index is 13.1. The van der Waals surface area contributed by atoms with E-state index in [0.29, 0.717) is 17.2 Å². The summed E-state index contributed by atoms with van der Waals surface area (Å²) in [7, 11) is 0. The molecule has 3 nitrogen and oxygen atoms in total. The summed E-state index contributed by atoms with van der Waals surface area (Å²) in [5, 5.41) is 13.5. The van der Waals surface area contributed by atoms with Gasteiger partial charge in [0.05, 0.1) is 12.1 Å². The Morgan fingerprint density at radius 2 is 2.21 bits per heavy atom. The fourth-order valence-corrected chi connectivity index (χ4v) is 2.09. The molecule has 1 atom stereocenters. The minimum absolute atomic E-state index is 0.0416. The van der Waals surface area contributed by atoms with Crippen LogP contribution in [-0.4, -0.2) is 22.7 Å². The van der Waals surface area contributed by atoms with Crippen molar-refractivity contribution in [3.8, 4) is 0 Å². The van der Waals surface area contributed by atoms with E-state index < -0.39 is 0 Å². The smallest absolute Gasteiger partial charge is 0.134 e. The van der Waals surface area contributed by atoms with Crippen LogP contribution in [0.2, 0.25) is 5.15 Å². The average molecular weight is 283 g/mol. The Labute approximate surface area is 116 Å². The molecule has 1 aromatic heterocycles. The highest BCUT2D eigenvalue weighted by Crippen LogP contribution is 2.21. The molecule has 1 heterocycles. The lowest BCUT2D eigenvalue weighted by Crippen LogP contribution is -2.31. The van der Waals surface area contributed by atoms with Gasteiger partial charge in [0.25, 0.3) is 0 Å². The monoisotopic (exact) mass is 282 g/mol. The molecule has 0 aliphatic rings. The number of aromatic nitrogens is 1. The zero-order valence-electron chi connectivity index (χ0n) is 10.7. The largest absolute Gasteiger partial charge is 0.395 e. The van der Waals surface area contributed by atoms with E-state index in [1.165, 1.54) is 12.1 Å². The van der Waals surface area contributed by atoms with Crippen LogP contribution in [0.1, 0.15) is 18.9 Å². The third kappa shape index (κ3) is 3.41. The van der Waals surface area contributed by atoms with Crippen molar-refractivity contribution < 1.29 is 9.50 Å². The SMILES string of the molecule is CC[C@@H](CO)NCc1cc2ccc(F)cc2nc1Cl. The Morgan fingerprint density at radius 3 is 2.89 bits per heavy atom. The van der Waals surface area contributed by atoms with Gasteiger partial charge < -0.3 is 10.4 Å². The molecule has 2 rings (SSSR count). The van der Waals surface area contributed by atoms with Crippen molar-refractivity contribution >= 4 is 22.5 Å². The first-order valence-electron chi connectivity index (χ1n) is 6.23. The highest BCUT2D eigenvalue weighted by molar-refractivity contribution is 6.30. The second kappa shape index (κ2) is 6.28. The molecule has 0 radical (unpaired) electrons. The van der Waals surface area contributed by atoms with E-state index in [0.717, 1.165) is 17.4 Å². The number of benzene rings is 1. The van der Waals surface area contributed by atoms with Gasteiger partial charge in [-0.05, 0) is 24.6 Å². The quantitative estimate of drug-likeness (QED) is 0.829. The van der Waals surface area contributed by atoms with E-state index in [2.05, 4.69) is 10.3 Å². The number of aliphatic hydroxyl groups excluding tert-OH is 1. The predicted octanol–water partition coefficient (Wildman–Crippen LogP) is 2.89. The molecule has 0 aliphatic carbocycles. The molecule has 2 aromatic rings. The molecule has 0 saturated heterocycles. The third-order valence-electron chi connectivity index (χ3n) is 3.10. The van der Waals surface area contributed by atoms with E-state index in [9.17, 15) is 4.39 Å². The summed E-state index contributed by atoms with van der Waals surface area (Å²) in [6.45, 7) is 2.61. The molecule has 0 unspecified atom stereocenters. The molecule has 0 bridgehead atoms. The minimum Gasteiger partial charge on any atom is -0.395 e. The normalized spacial score (nSPS) is 12.8. The lowest BCUT2D eigenvalue weighted by atomic mass is 10.1. The highest BCUT2D eigenvalue weighted by atomic mass is 35.5. The Morgan fingerprint density at radius 1 is 1.42 bits per heavy atom. The van der Waals surface area contributed by atoms with Gasteiger partial charge in [-0.15, -0.1) is 0 Å². The molecule has 0 spiro atoms. The number of pyridine rings is 1. The van der Waals surface area contributed by atoms with Crippen LogP contribution >= 0.6 is 11.6 Å². The molecular formula is C14H16ClFN2O. The Balaban J connectivity index is 2.24. The predicted molar refractivity (Wildman–Crippen MR) is 74.7 cm³/mol. The Bertz CT molecular complexity index is 573. The van der Waals surface area contributed by atoms with Crippen molar-refractivity contribution in [3.63, 3.8) is 0 Å². The highest BCUT2D eigenvalue weighted by Gasteiger charge is 2.08. The summed E-state index contributed by atoms with van der Waals surface area (Å²) in [6, 6.07) is 6.38. The Kier molecular flexibility index (Phi) is 4.69. The van der Waals surface area contributed by atoms with Gasteiger partial charge >= 0.3 is 0 Å². The number of hydrogen-bond donors (Lipinski definition) is 2. The van der Waals surface area contributed by atoms with E-state index in [1.807, 2.05) is 13.0 Å². The van der Waals surface area contributed by atoms with Crippen LogP contribution in [0.25, 0.3) is 10.9 Å². The van der Waals surface area contributed by atoms with Gasteiger partial charge in [0, 0.05) is 29.6 Å². The standard InChI is InChI=1S/C14H16ClFN2O/c1-2-12(8-19)17-7-10-5-9-3-4-11(16)6-13(9)18-14(10)15/h3-6,12,17,19H,2,7-8H2,1H3/t12-/m0/s1. The molecular weight excluding hydrogens is 267 g/mol. The van der Waals surface area contributed by atoms with Gasteiger partial charge in [-0.3, -0.25) is 0 Å². The van der Waals surface area contributed by atoms with Crippen molar-refractivity contribution in [2.45, 2.75) is 25.9 Å². The van der Waals surface area contributed by atoms with Gasteiger partial charge in [0.15, 0.2) is 0 Å². The first kappa shape index (κ1) is 14.2. The molecule has 5 heteroatoms. The van der Waals surface area contributed by atoms with E-state index in [1.54, 1.807) is 6.07 Å². The fourth-order valence-electron chi connectivity index (χ4n) is 1.88. The molecule has 2 N–H and O–H groups in total. The lowest BCUT2D eigenvalue weighted by Gasteiger charge is -2.14. The fraction of sp³-hybridized carbons (Fsp3) is 0.357. The minimum atomic E-state index is -0.326. The summed E-state index contributed by atoms with van der Waals surface area (Å²) in [5.41, 5.74) is 1.38. The molecule has 1 aromatic carbocycles. The topological polar surface area (TPSA) is 45.1 Å². The van der Waals surface area contributed by atoms with E-state index in [-0.39, 0.29) is 18.5 Å². The van der Waals surface area contributed by atoms with Crippen LogP contribution in [0.5, 0.6) is 0 Å². The first-order chi connectivity index (χ1) is 9.13. The first-order valence-corrected chi connectivity index (χ1v) is 6.60. The zero-order valence-corrected chi connectivity index (χ0v) is 11.4. The van der Waals surface area contributed by atoms with Gasteiger partial charge in [0.1, 0.15) is 11.0 Å². The van der Waals surface area contributed by atoms with E-state index >= 15 is 0 Å².